The summed E-state index contributed by atoms with van der Waals surface area (Å²) in [4.78, 5) is 23.8. The predicted molar refractivity (Wildman–Crippen MR) is 137 cm³/mol. The minimum absolute atomic E-state index is 0.0687. The van der Waals surface area contributed by atoms with Crippen LogP contribution < -0.4 is 14.8 Å². The number of nitrogens with one attached hydrogen (secondary N) is 1. The smallest absolute Gasteiger partial charge is 0.335 e. The Morgan fingerprint density at radius 1 is 1.11 bits per heavy atom. The lowest BCUT2D eigenvalue weighted by Gasteiger charge is -2.13. The lowest BCUT2D eigenvalue weighted by atomic mass is 10.1. The molecule has 1 amide bonds. The highest BCUT2D eigenvalue weighted by molar-refractivity contribution is 9.10. The highest BCUT2D eigenvalue weighted by Crippen LogP contribution is 2.35. The van der Waals surface area contributed by atoms with Crippen molar-refractivity contribution in [2.45, 2.75) is 20.5 Å². The van der Waals surface area contributed by atoms with E-state index in [9.17, 15) is 14.9 Å². The number of hydrogen-bond acceptors (Lipinski definition) is 5. The number of carbonyl (C=O) groups excluding carboxylic acids is 1. The molecule has 178 valence electrons. The zero-order valence-electron chi connectivity index (χ0n) is 19.4. The van der Waals surface area contributed by atoms with Crippen LogP contribution in [0.2, 0.25) is 0 Å². The largest absolute Gasteiger partial charge is 0.493 e. The molecule has 0 fully saturated rings. The lowest BCUT2D eigenvalue weighted by molar-refractivity contribution is -0.112. The number of carboxylic acid groups (broad SMARTS) is 1. The van der Waals surface area contributed by atoms with E-state index in [0.717, 1.165) is 16.7 Å². The molecule has 0 unspecified atom stereocenters. The second kappa shape index (κ2) is 11.4. The van der Waals surface area contributed by atoms with Crippen molar-refractivity contribution in [3.05, 3.63) is 92.5 Å². The fraction of sp³-hybridized carbons (Fsp3) is 0.148. The lowest BCUT2D eigenvalue weighted by Crippen LogP contribution is -2.14. The molecule has 0 aliphatic rings. The maximum atomic E-state index is 12.8. The number of anilines is 1. The van der Waals surface area contributed by atoms with Crippen LogP contribution in [0, 0.1) is 25.2 Å². The van der Waals surface area contributed by atoms with E-state index in [1.54, 1.807) is 30.3 Å². The molecule has 3 rings (SSSR count). The van der Waals surface area contributed by atoms with Gasteiger partial charge in [0.25, 0.3) is 5.91 Å². The molecular weight excluding hydrogens is 512 g/mol. The molecule has 7 nitrogen and oxygen atoms in total. The Morgan fingerprint density at radius 3 is 2.46 bits per heavy atom. The SMILES string of the molecule is COc1cc(/C=C(\C#N)C(=O)Nc2cccc(C)c2C)c(Br)cc1OCc1ccc(C(=O)O)cc1. The number of nitriles is 1. The van der Waals surface area contributed by atoms with Crippen LogP contribution in [-0.2, 0) is 11.4 Å². The van der Waals surface area contributed by atoms with Crippen molar-refractivity contribution in [3.63, 3.8) is 0 Å². The Hall–Kier alpha value is -4.09. The summed E-state index contributed by atoms with van der Waals surface area (Å²) in [6.07, 6.45) is 1.47. The number of nitrogens with zero attached hydrogens (tertiary/aromatic N) is 1. The second-order valence-corrected chi connectivity index (χ2v) is 8.54. The summed E-state index contributed by atoms with van der Waals surface area (Å²) in [5, 5.41) is 21.4. The molecule has 0 aliphatic carbocycles. The average Bonchev–Trinajstić information content (AvgIpc) is 2.85. The molecule has 2 N–H and O–H groups in total. The van der Waals surface area contributed by atoms with Crippen LogP contribution in [0.5, 0.6) is 11.5 Å². The maximum Gasteiger partial charge on any atom is 0.335 e. The van der Waals surface area contributed by atoms with E-state index in [1.807, 2.05) is 32.0 Å². The molecule has 0 aliphatic heterocycles. The molecule has 0 aromatic heterocycles. The molecule has 0 saturated heterocycles. The van der Waals surface area contributed by atoms with Gasteiger partial charge in [-0.1, -0.05) is 40.2 Å². The van der Waals surface area contributed by atoms with Gasteiger partial charge < -0.3 is 19.9 Å². The fourth-order valence-corrected chi connectivity index (χ4v) is 3.66. The summed E-state index contributed by atoms with van der Waals surface area (Å²) in [6.45, 7) is 4.05. The van der Waals surface area contributed by atoms with Crippen molar-refractivity contribution in [3.8, 4) is 17.6 Å². The van der Waals surface area contributed by atoms with E-state index in [1.165, 1.54) is 25.3 Å². The van der Waals surface area contributed by atoms with Crippen molar-refractivity contribution >= 4 is 39.6 Å². The van der Waals surface area contributed by atoms with Crippen molar-refractivity contribution in [2.75, 3.05) is 12.4 Å². The second-order valence-electron chi connectivity index (χ2n) is 7.69. The molecule has 0 spiro atoms. The van der Waals surface area contributed by atoms with Gasteiger partial charge in [0.15, 0.2) is 11.5 Å². The number of benzene rings is 3. The maximum absolute atomic E-state index is 12.8. The van der Waals surface area contributed by atoms with Gasteiger partial charge >= 0.3 is 5.97 Å². The van der Waals surface area contributed by atoms with Crippen LogP contribution >= 0.6 is 15.9 Å². The molecule has 0 radical (unpaired) electrons. The predicted octanol–water partition coefficient (Wildman–Crippen LogP) is 5.90. The quantitative estimate of drug-likeness (QED) is 0.275. The average molecular weight is 535 g/mol. The summed E-state index contributed by atoms with van der Waals surface area (Å²) in [5.74, 6) is -0.658. The summed E-state index contributed by atoms with van der Waals surface area (Å²) < 4.78 is 11.9. The minimum atomic E-state index is -0.994. The van der Waals surface area contributed by atoms with E-state index in [0.29, 0.717) is 27.2 Å². The van der Waals surface area contributed by atoms with Crippen LogP contribution in [-0.4, -0.2) is 24.1 Å². The summed E-state index contributed by atoms with van der Waals surface area (Å²) in [6, 6.07) is 17.3. The van der Waals surface area contributed by atoms with Crippen molar-refractivity contribution in [1.82, 2.24) is 0 Å². The van der Waals surface area contributed by atoms with E-state index in [2.05, 4.69) is 21.2 Å². The standard InChI is InChI=1S/C27H23BrN2O5/c1-16-5-4-6-23(17(16)2)30-26(31)21(14-29)11-20-12-24(34-3)25(13-22(20)28)35-15-18-7-9-19(10-8-18)27(32)33/h4-13H,15H2,1-3H3,(H,30,31)(H,32,33)/b21-11+. The molecule has 8 heteroatoms. The number of halogens is 1. The molecule has 0 saturated carbocycles. The first-order chi connectivity index (χ1) is 16.7. The van der Waals surface area contributed by atoms with Gasteiger partial charge in [-0.05, 0) is 72.5 Å². The monoisotopic (exact) mass is 534 g/mol. The third-order valence-electron chi connectivity index (χ3n) is 5.40. The van der Waals surface area contributed by atoms with Gasteiger partial charge in [0, 0.05) is 10.2 Å². The number of carbonyl (C=O) groups is 2. The van der Waals surface area contributed by atoms with Crippen LogP contribution in [0.4, 0.5) is 5.69 Å². The van der Waals surface area contributed by atoms with Gasteiger partial charge in [-0.3, -0.25) is 4.79 Å². The number of hydrogen-bond donors (Lipinski definition) is 2. The number of ether oxygens (including phenoxy) is 2. The molecule has 0 heterocycles. The van der Waals surface area contributed by atoms with Gasteiger partial charge in [0.1, 0.15) is 18.2 Å². The summed E-state index contributed by atoms with van der Waals surface area (Å²) in [5.41, 5.74) is 4.08. The molecule has 3 aromatic carbocycles. The zero-order valence-corrected chi connectivity index (χ0v) is 21.0. The Labute approximate surface area is 211 Å². The molecule has 3 aromatic rings. The van der Waals surface area contributed by atoms with E-state index in [4.69, 9.17) is 14.6 Å². The fourth-order valence-electron chi connectivity index (χ4n) is 3.22. The highest BCUT2D eigenvalue weighted by Gasteiger charge is 2.15. The van der Waals surface area contributed by atoms with Crippen LogP contribution in [0.1, 0.15) is 32.6 Å². The minimum Gasteiger partial charge on any atom is -0.493 e. The molecular formula is C27H23BrN2O5. The first-order valence-electron chi connectivity index (χ1n) is 10.6. The summed E-state index contributed by atoms with van der Waals surface area (Å²) >= 11 is 3.47. The molecule has 0 bridgehead atoms. The van der Waals surface area contributed by atoms with Crippen molar-refractivity contribution < 1.29 is 24.2 Å². The van der Waals surface area contributed by atoms with Crippen LogP contribution in [0.3, 0.4) is 0 Å². The summed E-state index contributed by atoms with van der Waals surface area (Å²) in [7, 11) is 1.49. The van der Waals surface area contributed by atoms with Crippen LogP contribution in [0.15, 0.2) is 64.6 Å². The first-order valence-corrected chi connectivity index (χ1v) is 11.3. The third-order valence-corrected chi connectivity index (χ3v) is 6.08. The number of aryl methyl sites for hydroxylation is 1. The van der Waals surface area contributed by atoms with E-state index in [-0.39, 0.29) is 17.7 Å². The Morgan fingerprint density at radius 2 is 1.83 bits per heavy atom. The van der Waals surface area contributed by atoms with Gasteiger partial charge in [-0.25, -0.2) is 4.79 Å². The molecule has 35 heavy (non-hydrogen) atoms. The van der Waals surface area contributed by atoms with Crippen LogP contribution in [0.25, 0.3) is 6.08 Å². The highest BCUT2D eigenvalue weighted by atomic mass is 79.9. The number of aromatic carboxylic acids is 1. The topological polar surface area (TPSA) is 109 Å². The Balaban J connectivity index is 1.81. The Kier molecular flexibility index (Phi) is 8.29. The van der Waals surface area contributed by atoms with Gasteiger partial charge in [0.2, 0.25) is 0 Å². The van der Waals surface area contributed by atoms with Gasteiger partial charge in [-0.15, -0.1) is 0 Å². The first kappa shape index (κ1) is 25.5. The Bertz CT molecular complexity index is 1340. The van der Waals surface area contributed by atoms with Crippen molar-refractivity contribution in [1.29, 1.82) is 5.26 Å². The number of methoxy groups -OCH3 is 1. The van der Waals surface area contributed by atoms with Crippen molar-refractivity contribution in [2.24, 2.45) is 0 Å². The van der Waals surface area contributed by atoms with E-state index < -0.39 is 11.9 Å². The normalized spacial score (nSPS) is 10.9. The number of amides is 1. The number of rotatable bonds is 8. The van der Waals surface area contributed by atoms with Gasteiger partial charge in [-0.2, -0.15) is 5.26 Å². The third kappa shape index (κ3) is 6.28. The molecule has 0 atom stereocenters. The van der Waals surface area contributed by atoms with E-state index >= 15 is 0 Å². The zero-order chi connectivity index (χ0) is 25.5. The number of carboxylic acids is 1. The van der Waals surface area contributed by atoms with Gasteiger partial charge in [0.05, 0.1) is 12.7 Å².